The van der Waals surface area contributed by atoms with Crippen LogP contribution in [0.2, 0.25) is 0 Å². The van der Waals surface area contributed by atoms with Crippen molar-refractivity contribution in [2.24, 2.45) is 22.7 Å². The van der Waals surface area contributed by atoms with E-state index in [-0.39, 0.29) is 17.2 Å². The molecule has 0 unspecified atom stereocenters. The number of nitro groups is 1. The van der Waals surface area contributed by atoms with Gasteiger partial charge in [0.05, 0.1) is 33.3 Å². The van der Waals surface area contributed by atoms with Crippen molar-refractivity contribution in [3.05, 3.63) is 106 Å². The van der Waals surface area contributed by atoms with Crippen LogP contribution in [0.25, 0.3) is 11.1 Å². The molecule has 2 amide bonds. The van der Waals surface area contributed by atoms with Crippen LogP contribution in [0.15, 0.2) is 84.9 Å². The van der Waals surface area contributed by atoms with Crippen molar-refractivity contribution < 1.29 is 19.3 Å². The SMILES string of the molecule is CCC[C@@]12C(=O)[C@@](C)(C(c3ccccc3)=C1c1ccccc1)[C@H]1C(=O)N(c3cccc([N+](=O)[O-])c3)C(=O)[C@@H]12. The van der Waals surface area contributed by atoms with Gasteiger partial charge >= 0.3 is 0 Å². The first kappa shape index (κ1) is 24.0. The maximum Gasteiger partial charge on any atom is 0.271 e. The van der Waals surface area contributed by atoms with Crippen LogP contribution >= 0.6 is 0 Å². The molecule has 0 spiro atoms. The Morgan fingerprint density at radius 1 is 0.816 bits per heavy atom. The molecule has 0 N–H and O–H groups in total. The number of nitrogens with zero attached hydrogens (tertiary/aromatic N) is 2. The van der Waals surface area contributed by atoms with Gasteiger partial charge in [-0.3, -0.25) is 24.5 Å². The molecule has 2 aliphatic carbocycles. The Morgan fingerprint density at radius 3 is 1.97 bits per heavy atom. The summed E-state index contributed by atoms with van der Waals surface area (Å²) in [4.78, 5) is 54.9. The van der Waals surface area contributed by atoms with Crippen molar-refractivity contribution in [3.63, 3.8) is 0 Å². The molecule has 3 aromatic carbocycles. The lowest BCUT2D eigenvalue weighted by Gasteiger charge is -2.37. The summed E-state index contributed by atoms with van der Waals surface area (Å²) in [5.41, 5.74) is 0.886. The fourth-order valence-corrected chi connectivity index (χ4v) is 7.36. The lowest BCUT2D eigenvalue weighted by molar-refractivity contribution is -0.384. The van der Waals surface area contributed by atoms with Crippen LogP contribution < -0.4 is 4.90 Å². The molecule has 3 aromatic rings. The molecule has 4 atom stereocenters. The van der Waals surface area contributed by atoms with Crippen molar-refractivity contribution in [3.8, 4) is 0 Å². The van der Waals surface area contributed by atoms with Crippen LogP contribution in [0.1, 0.15) is 37.8 Å². The molecular formula is C31H26N2O5. The van der Waals surface area contributed by atoms with Gasteiger partial charge in [0.1, 0.15) is 0 Å². The Hall–Kier alpha value is -4.39. The zero-order valence-electron chi connectivity index (χ0n) is 21.1. The predicted octanol–water partition coefficient (Wildman–Crippen LogP) is 5.70. The molecule has 2 fully saturated rings. The summed E-state index contributed by atoms with van der Waals surface area (Å²) >= 11 is 0. The number of Topliss-reactive ketones (excluding diaryl/α,β-unsaturated/α-hetero) is 1. The highest BCUT2D eigenvalue weighted by Crippen LogP contribution is 2.75. The van der Waals surface area contributed by atoms with E-state index in [0.717, 1.165) is 27.2 Å². The van der Waals surface area contributed by atoms with E-state index < -0.39 is 39.4 Å². The van der Waals surface area contributed by atoms with E-state index in [1.165, 1.54) is 24.3 Å². The summed E-state index contributed by atoms with van der Waals surface area (Å²) in [6.07, 6.45) is 1.06. The lowest BCUT2D eigenvalue weighted by atomic mass is 9.61. The molecule has 0 radical (unpaired) electrons. The van der Waals surface area contributed by atoms with Gasteiger partial charge in [-0.1, -0.05) is 80.1 Å². The third kappa shape index (κ3) is 2.87. The number of non-ortho nitro benzene ring substituents is 1. The fraction of sp³-hybridized carbons (Fsp3) is 0.258. The number of anilines is 1. The zero-order chi connectivity index (χ0) is 26.8. The molecule has 2 bridgehead atoms. The second-order valence-corrected chi connectivity index (χ2v) is 10.5. The Morgan fingerprint density at radius 2 is 1.39 bits per heavy atom. The van der Waals surface area contributed by atoms with Crippen molar-refractivity contribution >= 4 is 40.1 Å². The van der Waals surface area contributed by atoms with Gasteiger partial charge in [0.25, 0.3) is 5.69 Å². The highest BCUT2D eigenvalue weighted by atomic mass is 16.6. The van der Waals surface area contributed by atoms with Crippen LogP contribution in [0.4, 0.5) is 11.4 Å². The summed E-state index contributed by atoms with van der Waals surface area (Å²) < 4.78 is 0. The number of rotatable bonds is 6. The number of nitro benzene ring substituents is 1. The van der Waals surface area contributed by atoms with E-state index in [0.29, 0.717) is 12.8 Å². The van der Waals surface area contributed by atoms with E-state index in [4.69, 9.17) is 0 Å². The van der Waals surface area contributed by atoms with E-state index in [1.807, 2.05) is 74.5 Å². The van der Waals surface area contributed by atoms with Crippen molar-refractivity contribution in [2.45, 2.75) is 26.7 Å². The van der Waals surface area contributed by atoms with Gasteiger partial charge in [0.15, 0.2) is 5.78 Å². The first-order chi connectivity index (χ1) is 18.3. The van der Waals surface area contributed by atoms with Crippen molar-refractivity contribution in [1.82, 2.24) is 0 Å². The smallest absolute Gasteiger partial charge is 0.271 e. The third-order valence-corrected chi connectivity index (χ3v) is 8.62. The van der Waals surface area contributed by atoms with Gasteiger partial charge in [-0.05, 0) is 41.7 Å². The topological polar surface area (TPSA) is 97.6 Å². The Bertz CT molecular complexity index is 1550. The molecule has 7 heteroatoms. The highest BCUT2D eigenvalue weighted by molar-refractivity contribution is 6.34. The molecule has 7 nitrogen and oxygen atoms in total. The number of imide groups is 1. The summed E-state index contributed by atoms with van der Waals surface area (Å²) in [6.45, 7) is 3.79. The average Bonchev–Trinajstić information content (AvgIpc) is 3.39. The third-order valence-electron chi connectivity index (χ3n) is 8.62. The number of benzene rings is 3. The lowest BCUT2D eigenvalue weighted by Crippen LogP contribution is -2.41. The maximum atomic E-state index is 14.6. The van der Waals surface area contributed by atoms with Crippen LogP contribution in [0.5, 0.6) is 0 Å². The summed E-state index contributed by atoms with van der Waals surface area (Å²) in [6, 6.07) is 24.9. The number of amides is 2. The van der Waals surface area contributed by atoms with Gasteiger partial charge < -0.3 is 0 Å². The molecule has 190 valence electrons. The minimum Gasteiger partial charge on any atom is -0.298 e. The quantitative estimate of drug-likeness (QED) is 0.243. The summed E-state index contributed by atoms with van der Waals surface area (Å²) in [5, 5.41) is 11.4. The Labute approximate surface area is 219 Å². The van der Waals surface area contributed by atoms with Gasteiger partial charge in [0, 0.05) is 12.1 Å². The summed E-state index contributed by atoms with van der Waals surface area (Å²) in [5.74, 6) is -2.80. The molecule has 1 saturated carbocycles. The largest absolute Gasteiger partial charge is 0.298 e. The van der Waals surface area contributed by atoms with Crippen LogP contribution in [-0.4, -0.2) is 22.5 Å². The van der Waals surface area contributed by atoms with E-state index in [1.54, 1.807) is 0 Å². The predicted molar refractivity (Wildman–Crippen MR) is 143 cm³/mol. The minimum atomic E-state index is -1.23. The number of fused-ring (bicyclic) bond motifs is 5. The number of ketones is 1. The second kappa shape index (κ2) is 8.31. The van der Waals surface area contributed by atoms with Gasteiger partial charge in [-0.2, -0.15) is 0 Å². The number of hydrogen-bond acceptors (Lipinski definition) is 5. The zero-order valence-corrected chi connectivity index (χ0v) is 21.1. The minimum absolute atomic E-state index is 0.0834. The molecule has 6 rings (SSSR count). The number of allylic oxidation sites excluding steroid dienone is 2. The van der Waals surface area contributed by atoms with Crippen molar-refractivity contribution in [1.29, 1.82) is 0 Å². The Balaban J connectivity index is 1.63. The molecular weight excluding hydrogens is 480 g/mol. The second-order valence-electron chi connectivity index (χ2n) is 10.5. The average molecular weight is 507 g/mol. The van der Waals surface area contributed by atoms with Crippen LogP contribution in [0.3, 0.4) is 0 Å². The standard InChI is InChI=1S/C31H26N2O5/c1-3-17-31-24(20-13-8-5-9-14-20)23(19-11-6-4-7-12-19)30(2,29(31)36)25-26(31)28(35)32(27(25)34)21-15-10-16-22(18-21)33(37)38/h4-16,18,25-26H,3,17H2,1-2H3/t25-,26-,30+,31-/m1/s1. The number of carbonyl (C=O) groups excluding carboxylic acids is 3. The monoisotopic (exact) mass is 506 g/mol. The molecule has 1 heterocycles. The molecule has 1 saturated heterocycles. The maximum absolute atomic E-state index is 14.6. The van der Waals surface area contributed by atoms with E-state index in [2.05, 4.69) is 0 Å². The molecule has 38 heavy (non-hydrogen) atoms. The molecule has 3 aliphatic rings. The van der Waals surface area contributed by atoms with Gasteiger partial charge in [0.2, 0.25) is 11.8 Å². The van der Waals surface area contributed by atoms with Crippen LogP contribution in [-0.2, 0) is 14.4 Å². The van der Waals surface area contributed by atoms with E-state index >= 15 is 0 Å². The van der Waals surface area contributed by atoms with Gasteiger partial charge in [-0.25, -0.2) is 4.90 Å². The highest BCUT2D eigenvalue weighted by Gasteiger charge is 2.80. The first-order valence-corrected chi connectivity index (χ1v) is 12.8. The van der Waals surface area contributed by atoms with Crippen molar-refractivity contribution in [2.75, 3.05) is 4.90 Å². The fourth-order valence-electron chi connectivity index (χ4n) is 7.36. The van der Waals surface area contributed by atoms with Crippen LogP contribution in [0, 0.1) is 32.8 Å². The molecule has 0 aromatic heterocycles. The normalized spacial score (nSPS) is 27.8. The number of hydrogen-bond donors (Lipinski definition) is 0. The van der Waals surface area contributed by atoms with E-state index in [9.17, 15) is 24.5 Å². The first-order valence-electron chi connectivity index (χ1n) is 12.8. The number of carbonyl (C=O) groups is 3. The molecule has 1 aliphatic heterocycles. The van der Waals surface area contributed by atoms with Gasteiger partial charge in [-0.15, -0.1) is 0 Å². The summed E-state index contributed by atoms with van der Waals surface area (Å²) in [7, 11) is 0. The Kier molecular flexibility index (Phi) is 5.24.